The minimum Gasteiger partial charge on any atom is -0.445 e. The lowest BCUT2D eigenvalue weighted by molar-refractivity contribution is -0.0686. The third kappa shape index (κ3) is 14.0. The van der Waals surface area contributed by atoms with Crippen molar-refractivity contribution in [2.24, 2.45) is 0 Å². The summed E-state index contributed by atoms with van der Waals surface area (Å²) in [5.41, 5.74) is 1.88. The lowest BCUT2D eigenvalue weighted by Crippen LogP contribution is -2.47. The first-order valence-electron chi connectivity index (χ1n) is 13.8. The Balaban J connectivity index is 0.000000209. The quantitative estimate of drug-likeness (QED) is 0.273. The molecule has 2 amide bonds. The number of fused-ring (bicyclic) bond motifs is 1. The molecule has 4 atom stereocenters. The number of carbonyl (C=O) groups is 2. The van der Waals surface area contributed by atoms with Crippen molar-refractivity contribution in [3.8, 4) is 0 Å². The van der Waals surface area contributed by atoms with Crippen LogP contribution in [0, 0.1) is 0 Å². The first kappa shape index (κ1) is 35.1. The van der Waals surface area contributed by atoms with Crippen molar-refractivity contribution in [2.75, 3.05) is 52.6 Å². The third-order valence-electron chi connectivity index (χ3n) is 6.45. The van der Waals surface area contributed by atoms with Crippen molar-refractivity contribution >= 4 is 22.6 Å². The number of epoxide rings is 1. The van der Waals surface area contributed by atoms with E-state index in [2.05, 4.69) is 0 Å². The highest BCUT2D eigenvalue weighted by molar-refractivity contribution is 7.79. The van der Waals surface area contributed by atoms with Crippen LogP contribution in [0.25, 0.3) is 0 Å². The number of ether oxygens (including phenoxy) is 5. The predicted octanol–water partition coefficient (Wildman–Crippen LogP) is 1.15. The second-order valence-corrected chi connectivity index (χ2v) is 10.8. The molecule has 3 saturated heterocycles. The van der Waals surface area contributed by atoms with Gasteiger partial charge in [0, 0.05) is 13.1 Å². The maximum Gasteiger partial charge on any atom is 0.410 e. The van der Waals surface area contributed by atoms with Gasteiger partial charge in [0.1, 0.15) is 31.5 Å². The molecule has 0 spiro atoms. The van der Waals surface area contributed by atoms with Crippen LogP contribution in [0.4, 0.5) is 9.59 Å². The van der Waals surface area contributed by atoms with Gasteiger partial charge in [-0.25, -0.2) is 9.59 Å². The van der Waals surface area contributed by atoms with Crippen LogP contribution < -0.4 is 0 Å². The molecule has 16 heteroatoms. The van der Waals surface area contributed by atoms with Crippen LogP contribution in [-0.4, -0.2) is 127 Å². The molecule has 0 radical (unpaired) electrons. The van der Waals surface area contributed by atoms with E-state index in [9.17, 15) is 19.8 Å². The van der Waals surface area contributed by atoms with E-state index in [1.54, 1.807) is 4.90 Å². The zero-order chi connectivity index (χ0) is 32.0. The van der Waals surface area contributed by atoms with Gasteiger partial charge in [-0.3, -0.25) is 9.11 Å². The number of rotatable bonds is 4. The average Bonchev–Trinajstić information content (AvgIpc) is 3.71. The minimum absolute atomic E-state index is 0.0398. The van der Waals surface area contributed by atoms with E-state index in [0.717, 1.165) is 11.1 Å². The first-order chi connectivity index (χ1) is 21.0. The van der Waals surface area contributed by atoms with Gasteiger partial charge in [-0.1, -0.05) is 60.7 Å². The summed E-state index contributed by atoms with van der Waals surface area (Å²) < 4.78 is 58.0. The summed E-state index contributed by atoms with van der Waals surface area (Å²) in [4.78, 5) is 26.9. The minimum atomic E-state index is -4.67. The molecule has 3 aliphatic rings. The number of aliphatic hydroxyl groups excluding tert-OH is 2. The molecule has 15 nitrogen and oxygen atoms in total. The molecule has 244 valence electrons. The molecule has 44 heavy (non-hydrogen) atoms. The monoisotopic (exact) mass is 642 g/mol. The fourth-order valence-corrected chi connectivity index (χ4v) is 4.05. The topological polar surface area (TPSA) is 205 Å². The Hall–Kier alpha value is -3.35. The number of amides is 2. The SMILES string of the molecule is O=C(OCc1ccccc1)N1CCOCC2OC2C1.O=C(OCc1ccccc1)N1CCOC[C@@H](O)[C@H](O)C1.O=S(=O)(O)O. The van der Waals surface area contributed by atoms with E-state index in [-0.39, 0.29) is 38.1 Å². The normalized spacial score (nSPS) is 23.4. The Morgan fingerprint density at radius 2 is 1.18 bits per heavy atom. The lowest BCUT2D eigenvalue weighted by atomic mass is 10.2. The standard InChI is InChI=1S/C14H19NO5.C14H17NO4.H2O4S/c16-12-8-15(6-7-19-10-13(12)17)14(18)20-9-11-4-2-1-3-5-11;16-14(18-9-11-4-2-1-3-5-11)15-6-7-17-10-13-12(8-15)19-13;1-5(2,3)4/h1-5,12-13,16-17H,6-10H2;1-5,12-13H,6-10H2;(H2,1,2,3,4)/t12-,13-;;/m1../s1. The van der Waals surface area contributed by atoms with Gasteiger partial charge in [0.05, 0.1) is 45.6 Å². The lowest BCUT2D eigenvalue weighted by Gasteiger charge is -2.29. The molecule has 5 rings (SSSR count). The molecule has 4 N–H and O–H groups in total. The number of aliphatic hydroxyl groups is 2. The summed E-state index contributed by atoms with van der Waals surface area (Å²) in [5.74, 6) is 0. The van der Waals surface area contributed by atoms with E-state index in [1.807, 2.05) is 60.7 Å². The summed E-state index contributed by atoms with van der Waals surface area (Å²) in [7, 11) is -4.67. The molecule has 3 fully saturated rings. The number of carbonyl (C=O) groups excluding carboxylic acids is 2. The highest BCUT2D eigenvalue weighted by Gasteiger charge is 2.42. The predicted molar refractivity (Wildman–Crippen MR) is 153 cm³/mol. The smallest absolute Gasteiger partial charge is 0.410 e. The molecule has 0 saturated carbocycles. The summed E-state index contributed by atoms with van der Waals surface area (Å²) in [5, 5.41) is 19.2. The number of benzene rings is 2. The Morgan fingerprint density at radius 1 is 0.727 bits per heavy atom. The number of β-amino-alcohol motifs (C(OH)–C–C–N with tert-alkyl or cyclic N) is 1. The number of hydrogen-bond donors (Lipinski definition) is 4. The molecule has 3 aliphatic heterocycles. The molecule has 2 unspecified atom stereocenters. The third-order valence-corrected chi connectivity index (χ3v) is 6.45. The van der Waals surface area contributed by atoms with Gasteiger partial charge in [-0.2, -0.15) is 8.42 Å². The van der Waals surface area contributed by atoms with Crippen molar-refractivity contribution in [1.82, 2.24) is 9.80 Å². The van der Waals surface area contributed by atoms with Gasteiger partial charge in [0.2, 0.25) is 0 Å². The van der Waals surface area contributed by atoms with Crippen LogP contribution in [-0.2, 0) is 47.3 Å². The fourth-order valence-electron chi connectivity index (χ4n) is 4.05. The summed E-state index contributed by atoms with van der Waals surface area (Å²) in [6, 6.07) is 19.0. The van der Waals surface area contributed by atoms with Crippen LogP contribution in [0.1, 0.15) is 11.1 Å². The van der Waals surface area contributed by atoms with Crippen molar-refractivity contribution in [3.63, 3.8) is 0 Å². The van der Waals surface area contributed by atoms with Gasteiger partial charge in [0.15, 0.2) is 0 Å². The zero-order valence-corrected chi connectivity index (χ0v) is 24.7. The summed E-state index contributed by atoms with van der Waals surface area (Å²) in [6.45, 7) is 3.56. The first-order valence-corrected chi connectivity index (χ1v) is 15.2. The second kappa shape index (κ2) is 17.8. The van der Waals surface area contributed by atoms with E-state index in [1.165, 1.54) is 4.90 Å². The van der Waals surface area contributed by atoms with E-state index in [4.69, 9.17) is 41.2 Å². The molecular formula is C28H38N2O13S. The number of nitrogens with zero attached hydrogens (tertiary/aromatic N) is 2. The molecule has 0 aromatic heterocycles. The molecule has 0 bridgehead atoms. The fraction of sp³-hybridized carbons (Fsp3) is 0.500. The van der Waals surface area contributed by atoms with Gasteiger partial charge < -0.3 is 43.7 Å². The van der Waals surface area contributed by atoms with Crippen LogP contribution in [0.3, 0.4) is 0 Å². The highest BCUT2D eigenvalue weighted by atomic mass is 32.3. The maximum atomic E-state index is 12.0. The maximum absolute atomic E-state index is 12.0. The van der Waals surface area contributed by atoms with Crippen molar-refractivity contribution in [3.05, 3.63) is 71.8 Å². The van der Waals surface area contributed by atoms with Crippen molar-refractivity contribution in [2.45, 2.75) is 37.6 Å². The van der Waals surface area contributed by atoms with Crippen molar-refractivity contribution < 1.29 is 61.0 Å². The van der Waals surface area contributed by atoms with E-state index < -0.39 is 28.7 Å². The van der Waals surface area contributed by atoms with Crippen molar-refractivity contribution in [1.29, 1.82) is 0 Å². The number of hydrogen-bond acceptors (Lipinski definition) is 11. The molecule has 0 aliphatic carbocycles. The molecule has 3 heterocycles. The van der Waals surface area contributed by atoms with Gasteiger partial charge in [0.25, 0.3) is 0 Å². The van der Waals surface area contributed by atoms with Crippen LogP contribution in [0.2, 0.25) is 0 Å². The largest absolute Gasteiger partial charge is 0.445 e. The van der Waals surface area contributed by atoms with Gasteiger partial charge in [-0.05, 0) is 11.1 Å². The van der Waals surface area contributed by atoms with Crippen LogP contribution in [0.5, 0.6) is 0 Å². The van der Waals surface area contributed by atoms with E-state index >= 15 is 0 Å². The highest BCUT2D eigenvalue weighted by Crippen LogP contribution is 2.25. The molecule has 2 aromatic carbocycles. The van der Waals surface area contributed by atoms with Crippen LogP contribution >= 0.6 is 0 Å². The Kier molecular flexibility index (Phi) is 14.2. The summed E-state index contributed by atoms with van der Waals surface area (Å²) >= 11 is 0. The van der Waals surface area contributed by atoms with Gasteiger partial charge >= 0.3 is 22.6 Å². The van der Waals surface area contributed by atoms with Crippen LogP contribution in [0.15, 0.2) is 60.7 Å². The molecule has 2 aromatic rings. The zero-order valence-electron chi connectivity index (χ0n) is 23.9. The van der Waals surface area contributed by atoms with E-state index in [0.29, 0.717) is 46.1 Å². The Morgan fingerprint density at radius 3 is 1.68 bits per heavy atom. The Labute approximate surface area is 255 Å². The Bertz CT molecular complexity index is 1240. The molecular weight excluding hydrogens is 604 g/mol. The second-order valence-electron chi connectivity index (χ2n) is 9.92. The average molecular weight is 643 g/mol. The van der Waals surface area contributed by atoms with Gasteiger partial charge in [-0.15, -0.1) is 0 Å². The summed E-state index contributed by atoms with van der Waals surface area (Å²) in [6.07, 6.45) is -2.57.